The predicted molar refractivity (Wildman–Crippen MR) is 85.6 cm³/mol. The van der Waals surface area contributed by atoms with Crippen molar-refractivity contribution in [3.8, 4) is 11.5 Å². The van der Waals surface area contributed by atoms with Crippen molar-refractivity contribution in [3.05, 3.63) is 60.1 Å². The minimum absolute atomic E-state index is 0.370. The number of nitrogens with zero attached hydrogens (tertiary/aromatic N) is 3. The summed E-state index contributed by atoms with van der Waals surface area (Å²) < 4.78 is 12.4. The summed E-state index contributed by atoms with van der Waals surface area (Å²) in [6, 6.07) is 8.73. The lowest BCUT2D eigenvalue weighted by atomic mass is 10.2. The van der Waals surface area contributed by atoms with Gasteiger partial charge < -0.3 is 9.47 Å². The number of hydrogen-bond donors (Lipinski definition) is 0. The Bertz CT molecular complexity index is 884. The minimum Gasteiger partial charge on any atom is -0.493 e. The molecule has 0 aliphatic rings. The van der Waals surface area contributed by atoms with E-state index in [-0.39, 0.29) is 0 Å². The third-order valence-electron chi connectivity index (χ3n) is 3.28. The van der Waals surface area contributed by atoms with Gasteiger partial charge in [0, 0.05) is 6.20 Å². The van der Waals surface area contributed by atoms with Gasteiger partial charge in [0.05, 0.1) is 12.7 Å². The van der Waals surface area contributed by atoms with Gasteiger partial charge in [-0.25, -0.2) is 4.79 Å². The number of aromatic nitrogens is 3. The molecule has 0 spiro atoms. The summed E-state index contributed by atoms with van der Waals surface area (Å²) >= 11 is 0. The molecule has 0 aliphatic carbocycles. The van der Waals surface area contributed by atoms with Crippen LogP contribution in [0.3, 0.4) is 0 Å². The van der Waals surface area contributed by atoms with Crippen molar-refractivity contribution in [1.82, 2.24) is 14.6 Å². The van der Waals surface area contributed by atoms with E-state index in [9.17, 15) is 4.79 Å². The Morgan fingerprint density at radius 2 is 2.09 bits per heavy atom. The molecule has 0 saturated heterocycles. The lowest BCUT2D eigenvalue weighted by Gasteiger charge is -2.10. The number of fused-ring (bicyclic) bond motifs is 1. The molecule has 0 unspecified atom stereocenters. The quantitative estimate of drug-likeness (QED) is 0.547. The molecular formula is C17H15N3O3. The number of rotatable bonds is 4. The molecule has 2 aromatic heterocycles. The van der Waals surface area contributed by atoms with Gasteiger partial charge >= 0.3 is 5.97 Å². The van der Waals surface area contributed by atoms with Crippen LogP contribution in [0.2, 0.25) is 0 Å². The lowest BCUT2D eigenvalue weighted by Crippen LogP contribution is -2.10. The van der Waals surface area contributed by atoms with Gasteiger partial charge in [0.25, 0.3) is 0 Å². The normalized spacial score (nSPS) is 11.0. The third kappa shape index (κ3) is 3.06. The highest BCUT2D eigenvalue weighted by molar-refractivity contribution is 5.91. The van der Waals surface area contributed by atoms with Crippen molar-refractivity contribution in [1.29, 1.82) is 0 Å². The number of esters is 1. The van der Waals surface area contributed by atoms with E-state index in [1.54, 1.807) is 28.8 Å². The van der Waals surface area contributed by atoms with Gasteiger partial charge in [-0.1, -0.05) is 18.2 Å². The zero-order valence-electron chi connectivity index (χ0n) is 12.8. The molecule has 3 aromatic rings. The Morgan fingerprint density at radius 1 is 1.22 bits per heavy atom. The van der Waals surface area contributed by atoms with E-state index in [2.05, 4.69) is 10.2 Å². The average Bonchev–Trinajstić information content (AvgIpc) is 3.04. The van der Waals surface area contributed by atoms with E-state index >= 15 is 0 Å². The summed E-state index contributed by atoms with van der Waals surface area (Å²) in [4.78, 5) is 12.3. The molecule has 0 amide bonds. The van der Waals surface area contributed by atoms with Crippen molar-refractivity contribution < 1.29 is 14.3 Å². The van der Waals surface area contributed by atoms with E-state index in [1.807, 2.05) is 31.2 Å². The average molecular weight is 309 g/mol. The summed E-state index contributed by atoms with van der Waals surface area (Å²) in [7, 11) is 1.54. The summed E-state index contributed by atoms with van der Waals surface area (Å²) in [6.07, 6.45) is 7.01. The van der Waals surface area contributed by atoms with Crippen LogP contribution < -0.4 is 9.47 Å². The Balaban J connectivity index is 1.86. The van der Waals surface area contributed by atoms with Crippen molar-refractivity contribution in [2.75, 3.05) is 7.11 Å². The molecule has 0 N–H and O–H groups in total. The highest BCUT2D eigenvalue weighted by Crippen LogP contribution is 2.29. The van der Waals surface area contributed by atoms with E-state index < -0.39 is 5.97 Å². The van der Waals surface area contributed by atoms with Gasteiger partial charge in [0.2, 0.25) is 0 Å². The first-order chi connectivity index (χ1) is 11.2. The molecule has 6 nitrogen and oxygen atoms in total. The molecule has 0 fully saturated rings. The van der Waals surface area contributed by atoms with Gasteiger partial charge in [-0.05, 0) is 36.8 Å². The standard InChI is InChI=1S/C17H15N3O3/c1-3-4-12-5-7-14(15(9-12)22-2)23-17(21)13-6-8-16-19-18-11-20(16)10-13/h3-11H,1-2H3/b4-3+. The van der Waals surface area contributed by atoms with Crippen LogP contribution in [-0.2, 0) is 0 Å². The van der Waals surface area contributed by atoms with E-state index in [0.29, 0.717) is 22.7 Å². The van der Waals surface area contributed by atoms with Crippen LogP contribution in [0.15, 0.2) is 48.9 Å². The monoisotopic (exact) mass is 309 g/mol. The zero-order chi connectivity index (χ0) is 16.2. The van der Waals surface area contributed by atoms with E-state index in [0.717, 1.165) is 5.56 Å². The maximum absolute atomic E-state index is 12.3. The van der Waals surface area contributed by atoms with Crippen LogP contribution in [0, 0.1) is 0 Å². The first-order valence-corrected chi connectivity index (χ1v) is 7.03. The Morgan fingerprint density at radius 3 is 2.87 bits per heavy atom. The second kappa shape index (κ2) is 6.31. The van der Waals surface area contributed by atoms with Gasteiger partial charge in [-0.2, -0.15) is 0 Å². The first-order valence-electron chi connectivity index (χ1n) is 7.03. The highest BCUT2D eigenvalue weighted by atomic mass is 16.6. The summed E-state index contributed by atoms with van der Waals surface area (Å²) in [5.74, 6) is 0.395. The molecule has 0 aliphatic heterocycles. The van der Waals surface area contributed by atoms with Gasteiger partial charge in [-0.15, -0.1) is 10.2 Å². The molecule has 6 heteroatoms. The number of pyridine rings is 1. The number of hydrogen-bond acceptors (Lipinski definition) is 5. The number of benzene rings is 1. The number of ether oxygens (including phenoxy) is 2. The highest BCUT2D eigenvalue weighted by Gasteiger charge is 2.13. The topological polar surface area (TPSA) is 65.7 Å². The van der Waals surface area contributed by atoms with Gasteiger partial charge in [-0.3, -0.25) is 4.40 Å². The van der Waals surface area contributed by atoms with Crippen LogP contribution in [0.1, 0.15) is 22.8 Å². The molecule has 0 bridgehead atoms. The molecule has 3 rings (SSSR count). The largest absolute Gasteiger partial charge is 0.493 e. The van der Waals surface area contributed by atoms with Crippen molar-refractivity contribution in [3.63, 3.8) is 0 Å². The first kappa shape index (κ1) is 14.8. The fourth-order valence-electron chi connectivity index (χ4n) is 2.17. The fraction of sp³-hybridized carbons (Fsp3) is 0.118. The van der Waals surface area contributed by atoms with E-state index in [4.69, 9.17) is 9.47 Å². The second-order valence-corrected chi connectivity index (χ2v) is 4.81. The smallest absolute Gasteiger partial charge is 0.345 e. The second-order valence-electron chi connectivity index (χ2n) is 4.81. The van der Waals surface area contributed by atoms with Crippen LogP contribution in [-0.4, -0.2) is 27.7 Å². The minimum atomic E-state index is -0.474. The molecular weight excluding hydrogens is 294 g/mol. The van der Waals surface area contributed by atoms with E-state index in [1.165, 1.54) is 13.4 Å². The molecule has 1 aromatic carbocycles. The summed E-state index contributed by atoms with van der Waals surface area (Å²) in [5, 5.41) is 7.67. The Kier molecular flexibility index (Phi) is 4.05. The van der Waals surface area contributed by atoms with Crippen molar-refractivity contribution in [2.24, 2.45) is 0 Å². The SMILES string of the molecule is C/C=C/c1ccc(OC(=O)c2ccc3nncn3c2)c(OC)c1. The maximum atomic E-state index is 12.3. The van der Waals surface area contributed by atoms with Crippen LogP contribution in [0.4, 0.5) is 0 Å². The number of carbonyl (C=O) groups excluding carboxylic acids is 1. The van der Waals surface area contributed by atoms with Crippen LogP contribution in [0.5, 0.6) is 11.5 Å². The van der Waals surface area contributed by atoms with Gasteiger partial charge in [0.15, 0.2) is 17.1 Å². The van der Waals surface area contributed by atoms with Crippen molar-refractivity contribution >= 4 is 17.7 Å². The van der Waals surface area contributed by atoms with Crippen molar-refractivity contribution in [2.45, 2.75) is 6.92 Å². The molecule has 2 heterocycles. The number of methoxy groups -OCH3 is 1. The maximum Gasteiger partial charge on any atom is 0.345 e. The molecule has 116 valence electrons. The number of allylic oxidation sites excluding steroid dienone is 1. The number of carbonyl (C=O) groups is 1. The lowest BCUT2D eigenvalue weighted by molar-refractivity contribution is 0.0729. The van der Waals surface area contributed by atoms with Gasteiger partial charge in [0.1, 0.15) is 6.33 Å². The molecule has 23 heavy (non-hydrogen) atoms. The van der Waals surface area contributed by atoms with Crippen LogP contribution in [0.25, 0.3) is 11.7 Å². The fourth-order valence-corrected chi connectivity index (χ4v) is 2.17. The third-order valence-corrected chi connectivity index (χ3v) is 3.28. The predicted octanol–water partition coefficient (Wildman–Crippen LogP) is 2.99. The molecule has 0 radical (unpaired) electrons. The Hall–Kier alpha value is -3.15. The molecule has 0 atom stereocenters. The zero-order valence-corrected chi connectivity index (χ0v) is 12.8. The summed E-state index contributed by atoms with van der Waals surface area (Å²) in [5.41, 5.74) is 2.03. The Labute approximate surface area is 133 Å². The summed E-state index contributed by atoms with van der Waals surface area (Å²) in [6.45, 7) is 1.93. The van der Waals surface area contributed by atoms with Crippen LogP contribution >= 0.6 is 0 Å². The molecule has 0 saturated carbocycles.